The molecular formula is C2H2F3N2O3S-. The fourth-order valence-electron chi connectivity index (χ4n) is 0.283. The van der Waals surface area contributed by atoms with Crippen LogP contribution in [-0.4, -0.2) is 25.4 Å². The zero-order valence-corrected chi connectivity index (χ0v) is 5.61. The van der Waals surface area contributed by atoms with Crippen molar-refractivity contribution >= 4 is 17.3 Å². The van der Waals surface area contributed by atoms with E-state index in [4.69, 9.17) is 0 Å². The summed E-state index contributed by atoms with van der Waals surface area (Å²) in [6.45, 7) is 0. The van der Waals surface area contributed by atoms with E-state index in [0.29, 0.717) is 0 Å². The zero-order valence-electron chi connectivity index (χ0n) is 4.79. The van der Waals surface area contributed by atoms with Crippen LogP contribution in [-0.2, 0) is 11.3 Å². The maximum absolute atomic E-state index is 11.5. The highest BCUT2D eigenvalue weighted by Gasteiger charge is 2.41. The van der Waals surface area contributed by atoms with Crippen LogP contribution in [0.4, 0.5) is 18.0 Å². The van der Waals surface area contributed by atoms with Gasteiger partial charge in [0.15, 0.2) is 0 Å². The predicted octanol–water partition coefficient (Wildman–Crippen LogP) is -0.319. The van der Waals surface area contributed by atoms with Crippen molar-refractivity contribution in [3.63, 3.8) is 0 Å². The first-order chi connectivity index (χ1) is 4.76. The van der Waals surface area contributed by atoms with Gasteiger partial charge in [-0.3, -0.25) is 4.21 Å². The second kappa shape index (κ2) is 3.05. The van der Waals surface area contributed by atoms with E-state index in [0.717, 1.165) is 0 Å². The lowest BCUT2D eigenvalue weighted by molar-refractivity contribution is -0.191. The van der Waals surface area contributed by atoms with Gasteiger partial charge in [0.05, 0.1) is 11.3 Å². The fraction of sp³-hybridized carbons (Fsp3) is 0.500. The topological polar surface area (TPSA) is 86.5 Å². The number of halogens is 3. The summed E-state index contributed by atoms with van der Waals surface area (Å²) in [5.41, 5.74) is 4.10. The van der Waals surface area contributed by atoms with Crippen LogP contribution in [0.25, 0.3) is 0 Å². The van der Waals surface area contributed by atoms with Crippen molar-refractivity contribution in [2.24, 2.45) is 5.73 Å². The first kappa shape index (κ1) is 10.2. The molecule has 0 radical (unpaired) electrons. The van der Waals surface area contributed by atoms with Gasteiger partial charge in [0.25, 0.3) is 0 Å². The van der Waals surface area contributed by atoms with Gasteiger partial charge in [-0.2, -0.15) is 4.31 Å². The SMILES string of the molecule is NC(=O)N(S(=O)[O-])C(F)(F)F. The molecule has 9 heteroatoms. The first-order valence-corrected chi connectivity index (χ1v) is 3.05. The van der Waals surface area contributed by atoms with Gasteiger partial charge in [-0.15, -0.1) is 13.2 Å². The second-order valence-corrected chi connectivity index (χ2v) is 2.12. The molecule has 5 nitrogen and oxygen atoms in total. The highest BCUT2D eigenvalue weighted by molar-refractivity contribution is 7.77. The van der Waals surface area contributed by atoms with E-state index in [1.54, 1.807) is 0 Å². The Morgan fingerprint density at radius 3 is 1.91 bits per heavy atom. The Hall–Kier alpha value is -0.830. The van der Waals surface area contributed by atoms with Gasteiger partial charge in [-0.25, -0.2) is 4.79 Å². The Morgan fingerprint density at radius 2 is 1.91 bits per heavy atom. The minimum Gasteiger partial charge on any atom is -0.755 e. The number of rotatable bonds is 1. The summed E-state index contributed by atoms with van der Waals surface area (Å²) in [4.78, 5) is 9.82. The molecule has 0 aliphatic carbocycles. The average molecular weight is 191 g/mol. The molecule has 0 aromatic rings. The maximum atomic E-state index is 11.5. The second-order valence-electron chi connectivity index (χ2n) is 1.32. The van der Waals surface area contributed by atoms with Crippen molar-refractivity contribution in [3.05, 3.63) is 0 Å². The monoisotopic (exact) mass is 191 g/mol. The molecule has 2 N–H and O–H groups in total. The summed E-state index contributed by atoms with van der Waals surface area (Å²) >= 11 is -3.72. The normalized spacial score (nSPS) is 14.2. The minimum atomic E-state index is -5.29. The fourth-order valence-corrected chi connectivity index (χ4v) is 0.599. The molecule has 0 bridgehead atoms. The number of carbonyl (C=O) groups is 1. The third kappa shape index (κ3) is 2.72. The standard InChI is InChI=1S/C2H3F3N2O3S/c3-2(4,5)7(1(6)8)11(9)10/h(H2,6,8)(H,9,10)/p-1. The van der Waals surface area contributed by atoms with Crippen LogP contribution in [0.1, 0.15) is 0 Å². The van der Waals surface area contributed by atoms with E-state index in [2.05, 4.69) is 5.73 Å². The number of nitrogens with zero attached hydrogens (tertiary/aromatic N) is 1. The lowest BCUT2D eigenvalue weighted by Gasteiger charge is -2.23. The number of urea groups is 1. The molecule has 1 unspecified atom stereocenters. The molecule has 0 aromatic carbocycles. The smallest absolute Gasteiger partial charge is 0.499 e. The Labute approximate surface area is 61.4 Å². The molecule has 0 heterocycles. The van der Waals surface area contributed by atoms with Crippen molar-refractivity contribution in [1.82, 2.24) is 4.31 Å². The van der Waals surface area contributed by atoms with Crippen LogP contribution in [0.15, 0.2) is 0 Å². The summed E-state index contributed by atoms with van der Waals surface area (Å²) in [5, 5.41) is 0. The molecular weight excluding hydrogens is 189 g/mol. The third-order valence-corrected chi connectivity index (χ3v) is 1.26. The van der Waals surface area contributed by atoms with Crippen LogP contribution in [0.3, 0.4) is 0 Å². The molecule has 0 rings (SSSR count). The van der Waals surface area contributed by atoms with E-state index in [-0.39, 0.29) is 0 Å². The highest BCUT2D eigenvalue weighted by Crippen LogP contribution is 2.21. The lowest BCUT2D eigenvalue weighted by Crippen LogP contribution is -2.46. The summed E-state index contributed by atoms with van der Waals surface area (Å²) < 4.78 is 52.3. The number of primary amides is 1. The Balaban J connectivity index is 4.63. The zero-order chi connectivity index (χ0) is 9.23. The molecule has 2 amide bonds. The number of hydrogen-bond donors (Lipinski definition) is 1. The molecule has 1 atom stereocenters. The van der Waals surface area contributed by atoms with Crippen molar-refractivity contribution in [2.45, 2.75) is 6.30 Å². The summed E-state index contributed by atoms with van der Waals surface area (Å²) in [6.07, 6.45) is -5.29. The number of hydrogen-bond acceptors (Lipinski definition) is 3. The molecule has 0 aromatic heterocycles. The molecule has 0 saturated carbocycles. The third-order valence-electron chi connectivity index (χ3n) is 0.580. The number of nitrogens with two attached hydrogens (primary N) is 1. The minimum absolute atomic E-state index is 1.42. The lowest BCUT2D eigenvalue weighted by atomic mass is 10.9. The van der Waals surface area contributed by atoms with E-state index >= 15 is 0 Å². The highest BCUT2D eigenvalue weighted by atomic mass is 32.2. The van der Waals surface area contributed by atoms with Gasteiger partial charge >= 0.3 is 12.3 Å². The van der Waals surface area contributed by atoms with Crippen LogP contribution < -0.4 is 5.73 Å². The van der Waals surface area contributed by atoms with Crippen molar-refractivity contribution in [1.29, 1.82) is 0 Å². The van der Waals surface area contributed by atoms with Gasteiger partial charge < -0.3 is 10.3 Å². The van der Waals surface area contributed by atoms with Gasteiger partial charge in [-0.05, 0) is 0 Å². The van der Waals surface area contributed by atoms with E-state index in [9.17, 15) is 26.7 Å². The van der Waals surface area contributed by atoms with E-state index in [1.165, 1.54) is 0 Å². The Bertz CT molecular complexity index is 178. The van der Waals surface area contributed by atoms with E-state index < -0.39 is 27.9 Å². The molecule has 0 aliphatic rings. The molecule has 0 saturated heterocycles. The van der Waals surface area contributed by atoms with Crippen LogP contribution in [0.2, 0.25) is 0 Å². The number of amides is 2. The Kier molecular flexibility index (Phi) is 2.82. The quantitative estimate of drug-likeness (QED) is 0.455. The number of carbonyl (C=O) groups excluding carboxylic acids is 1. The van der Waals surface area contributed by atoms with Crippen LogP contribution in [0.5, 0.6) is 0 Å². The average Bonchev–Trinajstić information content (AvgIpc) is 1.54. The molecule has 0 aliphatic heterocycles. The largest absolute Gasteiger partial charge is 0.755 e. The van der Waals surface area contributed by atoms with Gasteiger partial charge in [0.1, 0.15) is 0 Å². The summed E-state index contributed by atoms with van der Waals surface area (Å²) in [5.74, 6) is 0. The molecule has 66 valence electrons. The Morgan fingerprint density at radius 1 is 1.55 bits per heavy atom. The molecule has 0 fully saturated rings. The van der Waals surface area contributed by atoms with Gasteiger partial charge in [0.2, 0.25) is 0 Å². The predicted molar refractivity (Wildman–Crippen MR) is 26.4 cm³/mol. The van der Waals surface area contributed by atoms with Crippen molar-refractivity contribution in [3.8, 4) is 0 Å². The van der Waals surface area contributed by atoms with Crippen LogP contribution >= 0.6 is 0 Å². The van der Waals surface area contributed by atoms with Gasteiger partial charge in [-0.1, -0.05) is 0 Å². The number of alkyl halides is 3. The maximum Gasteiger partial charge on any atom is 0.499 e. The summed E-state index contributed by atoms with van der Waals surface area (Å²) in [6, 6.07) is -2.09. The molecule has 0 spiro atoms. The van der Waals surface area contributed by atoms with Crippen molar-refractivity contribution < 1.29 is 26.7 Å². The van der Waals surface area contributed by atoms with Crippen molar-refractivity contribution in [2.75, 3.05) is 0 Å². The van der Waals surface area contributed by atoms with Crippen LogP contribution in [0, 0.1) is 0 Å². The first-order valence-electron chi connectivity index (χ1n) is 2.02. The van der Waals surface area contributed by atoms with E-state index in [1.807, 2.05) is 0 Å². The summed E-state index contributed by atoms with van der Waals surface area (Å²) in [7, 11) is 0. The molecule has 11 heavy (non-hydrogen) atoms. The van der Waals surface area contributed by atoms with Gasteiger partial charge in [0, 0.05) is 0 Å².